The van der Waals surface area contributed by atoms with Crippen molar-refractivity contribution in [3.63, 3.8) is 0 Å². The summed E-state index contributed by atoms with van der Waals surface area (Å²) in [7, 11) is -7.19. The standard InChI is InChI=1S/C26H33N3O6S3/c1-37(31,32)27-20-4-5-22-21(15-20)26(10-8-25(6-7-25)9-11-26)17-29(22)24(30)19-14-23(36-16-19)38(33,34)28-12-2-3-13-35-18-28/h4-5,14-16,27H,2-3,6-13,17-18H2,1H3. The van der Waals surface area contributed by atoms with Crippen molar-refractivity contribution in [1.29, 1.82) is 0 Å². The van der Waals surface area contributed by atoms with Crippen molar-refractivity contribution in [1.82, 2.24) is 4.31 Å². The lowest BCUT2D eigenvalue weighted by molar-refractivity contribution is 0.0914. The molecule has 38 heavy (non-hydrogen) atoms. The molecule has 0 bridgehead atoms. The number of fused-ring (bicyclic) bond motifs is 2. The molecule has 1 aromatic carbocycles. The van der Waals surface area contributed by atoms with Crippen LogP contribution in [0.25, 0.3) is 0 Å². The summed E-state index contributed by atoms with van der Waals surface area (Å²) in [5, 5.41) is 1.62. The molecule has 3 heterocycles. The van der Waals surface area contributed by atoms with E-state index >= 15 is 0 Å². The molecule has 2 aromatic rings. The number of anilines is 2. The number of nitrogens with zero attached hydrogens (tertiary/aromatic N) is 2. The van der Waals surface area contributed by atoms with Crippen LogP contribution in [-0.4, -0.2) is 59.7 Å². The van der Waals surface area contributed by atoms with Crippen LogP contribution >= 0.6 is 11.3 Å². The highest BCUT2D eigenvalue weighted by Gasteiger charge is 2.53. The van der Waals surface area contributed by atoms with Crippen molar-refractivity contribution < 1.29 is 26.4 Å². The molecule has 1 saturated heterocycles. The van der Waals surface area contributed by atoms with Gasteiger partial charge in [-0.3, -0.25) is 9.52 Å². The Kier molecular flexibility index (Phi) is 6.42. The molecule has 6 rings (SSSR count). The number of sulfonamides is 2. The first kappa shape index (κ1) is 26.2. The van der Waals surface area contributed by atoms with Gasteiger partial charge >= 0.3 is 0 Å². The van der Waals surface area contributed by atoms with Gasteiger partial charge in [-0.1, -0.05) is 0 Å². The van der Waals surface area contributed by atoms with Crippen LogP contribution in [0.1, 0.15) is 67.3 Å². The van der Waals surface area contributed by atoms with Crippen molar-refractivity contribution in [2.75, 3.05) is 42.3 Å². The molecule has 1 aromatic heterocycles. The Hall–Kier alpha value is -1.99. The predicted octanol–water partition coefficient (Wildman–Crippen LogP) is 4.13. The summed E-state index contributed by atoms with van der Waals surface area (Å²) in [6.07, 6.45) is 9.33. The molecule has 2 saturated carbocycles. The number of thiophene rings is 1. The average Bonchev–Trinajstić information content (AvgIpc) is 3.44. The normalized spacial score (nSPS) is 22.8. The molecular weight excluding hydrogens is 547 g/mol. The molecule has 0 radical (unpaired) electrons. The minimum Gasteiger partial charge on any atom is -0.365 e. The monoisotopic (exact) mass is 579 g/mol. The molecule has 206 valence electrons. The van der Waals surface area contributed by atoms with Gasteiger partial charge in [0.25, 0.3) is 15.9 Å². The first-order valence-corrected chi connectivity index (χ1v) is 17.3. The number of nitrogens with one attached hydrogen (secondary N) is 1. The zero-order valence-corrected chi connectivity index (χ0v) is 23.9. The number of benzene rings is 1. The predicted molar refractivity (Wildman–Crippen MR) is 147 cm³/mol. The number of ether oxygens (including phenoxy) is 1. The van der Waals surface area contributed by atoms with Crippen LogP contribution in [0.2, 0.25) is 0 Å². The van der Waals surface area contributed by atoms with E-state index in [2.05, 4.69) is 4.72 Å². The largest absolute Gasteiger partial charge is 0.365 e. The second kappa shape index (κ2) is 9.29. The fourth-order valence-corrected chi connectivity index (χ4v) is 9.47. The maximum Gasteiger partial charge on any atom is 0.259 e. The van der Waals surface area contributed by atoms with Crippen LogP contribution in [0.5, 0.6) is 0 Å². The number of carbonyl (C=O) groups is 1. The highest BCUT2D eigenvalue weighted by Crippen LogP contribution is 2.62. The lowest BCUT2D eigenvalue weighted by atomic mass is 9.66. The molecule has 2 aliphatic carbocycles. The van der Waals surface area contributed by atoms with E-state index in [9.17, 15) is 21.6 Å². The fourth-order valence-electron chi connectivity index (χ4n) is 6.25. The second-order valence-electron chi connectivity index (χ2n) is 11.4. The number of carbonyl (C=O) groups excluding carboxylic acids is 1. The van der Waals surface area contributed by atoms with Crippen molar-refractivity contribution >= 4 is 48.7 Å². The lowest BCUT2D eigenvalue weighted by Gasteiger charge is -2.38. The van der Waals surface area contributed by atoms with Gasteiger partial charge in [0, 0.05) is 41.9 Å². The van der Waals surface area contributed by atoms with Gasteiger partial charge in [-0.2, -0.15) is 4.31 Å². The molecular formula is C26H33N3O6S3. The van der Waals surface area contributed by atoms with E-state index in [1.165, 1.54) is 23.2 Å². The van der Waals surface area contributed by atoms with E-state index in [1.807, 2.05) is 12.1 Å². The fraction of sp³-hybridized carbons (Fsp3) is 0.577. The van der Waals surface area contributed by atoms with Crippen molar-refractivity contribution in [2.45, 2.75) is 61.0 Å². The molecule has 0 unspecified atom stereocenters. The first-order valence-electron chi connectivity index (χ1n) is 13.1. The van der Waals surface area contributed by atoms with Gasteiger partial charge in [-0.15, -0.1) is 11.3 Å². The molecule has 2 spiro atoms. The van der Waals surface area contributed by atoms with Crippen LogP contribution in [0.4, 0.5) is 11.4 Å². The topological polar surface area (TPSA) is 113 Å². The van der Waals surface area contributed by atoms with Gasteiger partial charge in [0.1, 0.15) is 10.9 Å². The van der Waals surface area contributed by atoms with Crippen LogP contribution in [0.15, 0.2) is 33.9 Å². The van der Waals surface area contributed by atoms with Gasteiger partial charge < -0.3 is 9.64 Å². The zero-order chi connectivity index (χ0) is 26.8. The Bertz CT molecular complexity index is 1460. The van der Waals surface area contributed by atoms with E-state index in [1.54, 1.807) is 16.3 Å². The molecule has 12 heteroatoms. The summed E-state index contributed by atoms with van der Waals surface area (Å²) in [5.41, 5.74) is 2.84. The van der Waals surface area contributed by atoms with Crippen molar-refractivity contribution in [3.05, 3.63) is 40.8 Å². The van der Waals surface area contributed by atoms with Crippen LogP contribution in [0.3, 0.4) is 0 Å². The Labute approximate surface area is 228 Å². The highest BCUT2D eigenvalue weighted by molar-refractivity contribution is 7.92. The Balaban J connectivity index is 1.31. The number of hydrogen-bond donors (Lipinski definition) is 1. The third-order valence-corrected chi connectivity index (χ3v) is 12.5. The molecule has 3 fully saturated rings. The summed E-state index contributed by atoms with van der Waals surface area (Å²) in [6.45, 7) is 1.48. The SMILES string of the molecule is CS(=O)(=O)Nc1ccc2c(c1)C1(CCC3(CC3)CC1)CN2C(=O)c1csc(S(=O)(=O)N2CCCCOC2)c1. The maximum absolute atomic E-state index is 13.8. The smallest absolute Gasteiger partial charge is 0.259 e. The van der Waals surface area contributed by atoms with E-state index in [0.29, 0.717) is 36.4 Å². The van der Waals surface area contributed by atoms with Crippen LogP contribution in [0, 0.1) is 5.41 Å². The lowest BCUT2D eigenvalue weighted by Crippen LogP contribution is -2.39. The summed E-state index contributed by atoms with van der Waals surface area (Å²) < 4.78 is 59.8. The number of rotatable bonds is 5. The van der Waals surface area contributed by atoms with E-state index in [4.69, 9.17) is 4.74 Å². The number of hydrogen-bond acceptors (Lipinski definition) is 7. The Morgan fingerprint density at radius 3 is 2.47 bits per heavy atom. The quantitative estimate of drug-likeness (QED) is 0.570. The maximum atomic E-state index is 13.8. The Morgan fingerprint density at radius 2 is 1.76 bits per heavy atom. The van der Waals surface area contributed by atoms with Crippen LogP contribution < -0.4 is 9.62 Å². The molecule has 9 nitrogen and oxygen atoms in total. The molecule has 1 amide bonds. The highest BCUT2D eigenvalue weighted by atomic mass is 32.2. The zero-order valence-electron chi connectivity index (χ0n) is 21.4. The summed E-state index contributed by atoms with van der Waals surface area (Å²) in [5.74, 6) is -0.233. The molecule has 2 aliphatic heterocycles. The van der Waals surface area contributed by atoms with E-state index in [0.717, 1.165) is 67.4 Å². The van der Waals surface area contributed by atoms with Crippen LogP contribution in [-0.2, 0) is 30.2 Å². The van der Waals surface area contributed by atoms with E-state index < -0.39 is 20.0 Å². The van der Waals surface area contributed by atoms with E-state index in [-0.39, 0.29) is 22.3 Å². The van der Waals surface area contributed by atoms with Crippen molar-refractivity contribution in [2.24, 2.45) is 5.41 Å². The number of amides is 1. The Morgan fingerprint density at radius 1 is 1.03 bits per heavy atom. The second-order valence-corrected chi connectivity index (χ2v) is 16.2. The molecule has 1 N–H and O–H groups in total. The van der Waals surface area contributed by atoms with Crippen molar-refractivity contribution in [3.8, 4) is 0 Å². The molecule has 0 atom stereocenters. The molecule has 4 aliphatic rings. The minimum atomic E-state index is -3.75. The van der Waals surface area contributed by atoms with Gasteiger partial charge in [0.05, 0.1) is 11.8 Å². The average molecular weight is 580 g/mol. The summed E-state index contributed by atoms with van der Waals surface area (Å²) in [6, 6.07) is 6.87. The summed E-state index contributed by atoms with van der Waals surface area (Å²) in [4.78, 5) is 15.6. The van der Waals surface area contributed by atoms with Gasteiger partial charge in [-0.05, 0) is 86.6 Å². The third-order valence-electron chi connectivity index (χ3n) is 8.69. The minimum absolute atomic E-state index is 0.0247. The van der Waals surface area contributed by atoms with Gasteiger partial charge in [-0.25, -0.2) is 16.8 Å². The summed E-state index contributed by atoms with van der Waals surface area (Å²) >= 11 is 1.06. The van der Waals surface area contributed by atoms with Gasteiger partial charge in [0.2, 0.25) is 10.0 Å². The first-order chi connectivity index (χ1) is 18.0. The third kappa shape index (κ3) is 4.78. The van der Waals surface area contributed by atoms with Gasteiger partial charge in [0.15, 0.2) is 0 Å².